The van der Waals surface area contributed by atoms with Gasteiger partial charge in [0.15, 0.2) is 6.17 Å². The number of unbranched alkanes of at least 4 members (excludes halogenated alkanes) is 1. The average Bonchev–Trinajstić information content (AvgIpc) is 2.25. The smallest absolute Gasteiger partial charge is 0.157 e. The molecule has 0 bridgehead atoms. The summed E-state index contributed by atoms with van der Waals surface area (Å²) in [6, 6.07) is 0. The fraction of sp³-hybridized carbons (Fsp3) is 1.00. The molecule has 1 saturated heterocycles. The first-order valence-corrected chi connectivity index (χ1v) is 5.38. The van der Waals surface area contributed by atoms with Crippen molar-refractivity contribution in [2.45, 2.75) is 56.8 Å². The first kappa shape index (κ1) is 12.8. The van der Waals surface area contributed by atoms with Gasteiger partial charge >= 0.3 is 0 Å². The minimum atomic E-state index is -1.72. The monoisotopic (exact) mass is 222 g/mol. The van der Waals surface area contributed by atoms with Crippen molar-refractivity contribution in [3.8, 4) is 0 Å². The zero-order chi connectivity index (χ0) is 11.4. The van der Waals surface area contributed by atoms with Crippen LogP contribution in [0, 0.1) is 0 Å². The van der Waals surface area contributed by atoms with Gasteiger partial charge in [0.2, 0.25) is 0 Å². The van der Waals surface area contributed by atoms with Gasteiger partial charge in [0.25, 0.3) is 0 Å². The Labute approximate surface area is 88.7 Å². The van der Waals surface area contributed by atoms with Crippen LogP contribution in [0.25, 0.3) is 0 Å². The molecule has 3 N–H and O–H groups in total. The Balaban J connectivity index is 2.57. The third-order valence-electron chi connectivity index (χ3n) is 2.78. The van der Waals surface area contributed by atoms with Crippen LogP contribution in [0.3, 0.4) is 0 Å². The van der Waals surface area contributed by atoms with Gasteiger partial charge in [-0.15, -0.1) is 0 Å². The van der Waals surface area contributed by atoms with E-state index in [-0.39, 0.29) is 0 Å². The molecule has 1 heterocycles. The van der Waals surface area contributed by atoms with Gasteiger partial charge in [0.1, 0.15) is 18.3 Å². The molecule has 1 fully saturated rings. The molecule has 5 unspecified atom stereocenters. The molecule has 15 heavy (non-hydrogen) atoms. The first-order valence-electron chi connectivity index (χ1n) is 5.38. The van der Waals surface area contributed by atoms with Gasteiger partial charge in [-0.3, -0.25) is 0 Å². The largest absolute Gasteiger partial charge is 0.394 e. The fourth-order valence-electron chi connectivity index (χ4n) is 1.80. The van der Waals surface area contributed by atoms with E-state index in [1.807, 2.05) is 6.92 Å². The maximum atomic E-state index is 13.3. The lowest BCUT2D eigenvalue weighted by atomic mass is 9.93. The molecule has 4 nitrogen and oxygen atoms in total. The van der Waals surface area contributed by atoms with Crippen LogP contribution in [0.2, 0.25) is 0 Å². The number of rotatable bonds is 4. The zero-order valence-electron chi connectivity index (χ0n) is 8.84. The summed E-state index contributed by atoms with van der Waals surface area (Å²) < 4.78 is 18.5. The second kappa shape index (κ2) is 5.75. The lowest BCUT2D eigenvalue weighted by Gasteiger charge is -2.39. The molecular weight excluding hydrogens is 203 g/mol. The van der Waals surface area contributed by atoms with Crippen LogP contribution in [-0.4, -0.2) is 52.5 Å². The van der Waals surface area contributed by atoms with Crippen molar-refractivity contribution in [2.75, 3.05) is 6.61 Å². The Kier molecular flexibility index (Phi) is 4.92. The van der Waals surface area contributed by atoms with Crippen molar-refractivity contribution in [3.63, 3.8) is 0 Å². The molecule has 0 aromatic heterocycles. The summed E-state index contributed by atoms with van der Waals surface area (Å²) in [5, 5.41) is 27.8. The van der Waals surface area contributed by atoms with Crippen LogP contribution in [-0.2, 0) is 4.74 Å². The van der Waals surface area contributed by atoms with E-state index >= 15 is 0 Å². The molecule has 5 atom stereocenters. The van der Waals surface area contributed by atoms with Crippen molar-refractivity contribution >= 4 is 0 Å². The third kappa shape index (κ3) is 2.87. The van der Waals surface area contributed by atoms with E-state index in [0.717, 1.165) is 12.8 Å². The quantitative estimate of drug-likeness (QED) is 0.626. The minimum Gasteiger partial charge on any atom is -0.394 e. The van der Waals surface area contributed by atoms with Crippen LogP contribution in [0.15, 0.2) is 0 Å². The molecule has 0 radical (unpaired) electrons. The van der Waals surface area contributed by atoms with Crippen LogP contribution < -0.4 is 0 Å². The molecular formula is C10H19FO4. The molecule has 1 aliphatic rings. The second-order valence-electron chi connectivity index (χ2n) is 3.96. The fourth-order valence-corrected chi connectivity index (χ4v) is 1.80. The molecule has 0 amide bonds. The SMILES string of the molecule is CCCCC1OC(CO)C(F)C(O)C1O. The van der Waals surface area contributed by atoms with Crippen molar-refractivity contribution < 1.29 is 24.4 Å². The maximum absolute atomic E-state index is 13.3. The Morgan fingerprint density at radius 3 is 2.40 bits per heavy atom. The molecule has 0 aromatic carbocycles. The van der Waals surface area contributed by atoms with E-state index in [2.05, 4.69) is 0 Å². The molecule has 0 aromatic rings. The summed E-state index contributed by atoms with van der Waals surface area (Å²) >= 11 is 0. The molecule has 90 valence electrons. The maximum Gasteiger partial charge on any atom is 0.157 e. The lowest BCUT2D eigenvalue weighted by molar-refractivity contribution is -0.212. The van der Waals surface area contributed by atoms with E-state index in [0.29, 0.717) is 6.42 Å². The highest BCUT2D eigenvalue weighted by Crippen LogP contribution is 2.26. The van der Waals surface area contributed by atoms with Crippen molar-refractivity contribution in [1.82, 2.24) is 0 Å². The molecule has 0 saturated carbocycles. The predicted molar refractivity (Wildman–Crippen MR) is 52.2 cm³/mol. The second-order valence-corrected chi connectivity index (χ2v) is 3.96. The van der Waals surface area contributed by atoms with Crippen LogP contribution >= 0.6 is 0 Å². The Morgan fingerprint density at radius 2 is 1.87 bits per heavy atom. The Bertz CT molecular complexity index is 188. The van der Waals surface area contributed by atoms with E-state index < -0.39 is 37.2 Å². The molecule has 1 rings (SSSR count). The van der Waals surface area contributed by atoms with E-state index in [1.54, 1.807) is 0 Å². The summed E-state index contributed by atoms with van der Waals surface area (Å²) in [5.74, 6) is 0. The van der Waals surface area contributed by atoms with Crippen molar-refractivity contribution in [3.05, 3.63) is 0 Å². The van der Waals surface area contributed by atoms with Gasteiger partial charge in [0.05, 0.1) is 12.7 Å². The number of hydrogen-bond donors (Lipinski definition) is 3. The van der Waals surface area contributed by atoms with Gasteiger partial charge in [-0.1, -0.05) is 19.8 Å². The van der Waals surface area contributed by atoms with Crippen molar-refractivity contribution in [1.29, 1.82) is 0 Å². The zero-order valence-corrected chi connectivity index (χ0v) is 8.84. The lowest BCUT2D eigenvalue weighted by Crippen LogP contribution is -2.56. The highest BCUT2D eigenvalue weighted by molar-refractivity contribution is 4.91. The summed E-state index contributed by atoms with van der Waals surface area (Å²) in [6.07, 6.45) is -3.64. The molecule has 0 aliphatic carbocycles. The number of aliphatic hydroxyl groups excluding tert-OH is 3. The van der Waals surface area contributed by atoms with Gasteiger partial charge < -0.3 is 20.1 Å². The topological polar surface area (TPSA) is 69.9 Å². The third-order valence-corrected chi connectivity index (χ3v) is 2.78. The number of aliphatic hydroxyl groups is 3. The number of alkyl halides is 1. The summed E-state index contributed by atoms with van der Waals surface area (Å²) in [6.45, 7) is 1.51. The van der Waals surface area contributed by atoms with Gasteiger partial charge in [-0.2, -0.15) is 0 Å². The summed E-state index contributed by atoms with van der Waals surface area (Å²) in [4.78, 5) is 0. The van der Waals surface area contributed by atoms with Crippen molar-refractivity contribution in [2.24, 2.45) is 0 Å². The summed E-state index contributed by atoms with van der Waals surface area (Å²) in [5.41, 5.74) is 0. The molecule has 1 aliphatic heterocycles. The van der Waals surface area contributed by atoms with Crippen LogP contribution in [0.5, 0.6) is 0 Å². The van der Waals surface area contributed by atoms with Crippen LogP contribution in [0.1, 0.15) is 26.2 Å². The highest BCUT2D eigenvalue weighted by atomic mass is 19.1. The molecule has 5 heteroatoms. The standard InChI is InChI=1S/C10H19FO4/c1-2-3-4-6-9(13)10(14)8(11)7(5-12)15-6/h6-10,12-14H,2-5H2,1H3. The van der Waals surface area contributed by atoms with E-state index in [9.17, 15) is 14.6 Å². The Hall–Kier alpha value is -0.230. The van der Waals surface area contributed by atoms with Gasteiger partial charge in [0, 0.05) is 0 Å². The normalized spacial score (nSPS) is 41.8. The summed E-state index contributed by atoms with van der Waals surface area (Å²) in [7, 11) is 0. The predicted octanol–water partition coefficient (Wildman–Crippen LogP) is -0.00380. The number of halogens is 1. The van der Waals surface area contributed by atoms with E-state index in [4.69, 9.17) is 9.84 Å². The Morgan fingerprint density at radius 1 is 1.20 bits per heavy atom. The van der Waals surface area contributed by atoms with Gasteiger partial charge in [-0.05, 0) is 6.42 Å². The van der Waals surface area contributed by atoms with Crippen LogP contribution in [0.4, 0.5) is 4.39 Å². The number of hydrogen-bond acceptors (Lipinski definition) is 4. The highest BCUT2D eigenvalue weighted by Gasteiger charge is 2.43. The van der Waals surface area contributed by atoms with Gasteiger partial charge in [-0.25, -0.2) is 4.39 Å². The first-order chi connectivity index (χ1) is 7.11. The van der Waals surface area contributed by atoms with E-state index in [1.165, 1.54) is 0 Å². The minimum absolute atomic E-state index is 0.479. The average molecular weight is 222 g/mol. The molecule has 0 spiro atoms. The number of ether oxygens (including phenoxy) is 1.